The van der Waals surface area contributed by atoms with Crippen molar-refractivity contribution >= 4 is 0 Å². The molecular formula is C14H28. The van der Waals surface area contributed by atoms with Gasteiger partial charge < -0.3 is 0 Å². The standard InChI is InChI=1S/C14H28/c1-5-7-13-8-6-9-14(12(13)4)10-11(2)3/h11-14H,5-10H2,1-4H3. The topological polar surface area (TPSA) is 0 Å². The van der Waals surface area contributed by atoms with Gasteiger partial charge in [-0.05, 0) is 30.1 Å². The molecule has 0 aromatic rings. The van der Waals surface area contributed by atoms with Crippen molar-refractivity contribution in [3.63, 3.8) is 0 Å². The first-order chi connectivity index (χ1) is 6.65. The summed E-state index contributed by atoms with van der Waals surface area (Å²) in [7, 11) is 0. The molecular weight excluding hydrogens is 168 g/mol. The highest BCUT2D eigenvalue weighted by molar-refractivity contribution is 4.79. The lowest BCUT2D eigenvalue weighted by Crippen LogP contribution is -2.27. The van der Waals surface area contributed by atoms with Gasteiger partial charge in [-0.25, -0.2) is 0 Å². The predicted octanol–water partition coefficient (Wildman–Crippen LogP) is 4.89. The second-order valence-electron chi connectivity index (χ2n) is 5.73. The van der Waals surface area contributed by atoms with E-state index < -0.39 is 0 Å². The van der Waals surface area contributed by atoms with Crippen LogP contribution in [0.15, 0.2) is 0 Å². The van der Waals surface area contributed by atoms with Crippen LogP contribution in [0.1, 0.15) is 66.2 Å². The summed E-state index contributed by atoms with van der Waals surface area (Å²) in [6, 6.07) is 0. The molecule has 1 aliphatic carbocycles. The zero-order valence-corrected chi connectivity index (χ0v) is 10.6. The third-order valence-electron chi connectivity index (χ3n) is 4.07. The molecule has 0 heteroatoms. The Labute approximate surface area is 90.5 Å². The molecule has 14 heavy (non-hydrogen) atoms. The van der Waals surface area contributed by atoms with Gasteiger partial charge in [0.2, 0.25) is 0 Å². The van der Waals surface area contributed by atoms with Crippen LogP contribution in [-0.2, 0) is 0 Å². The van der Waals surface area contributed by atoms with Crippen molar-refractivity contribution in [2.24, 2.45) is 23.7 Å². The first-order valence-electron chi connectivity index (χ1n) is 6.65. The lowest BCUT2D eigenvalue weighted by atomic mass is 9.69. The molecule has 1 aliphatic rings. The monoisotopic (exact) mass is 196 g/mol. The summed E-state index contributed by atoms with van der Waals surface area (Å²) in [6.07, 6.45) is 8.80. The predicted molar refractivity (Wildman–Crippen MR) is 64.4 cm³/mol. The van der Waals surface area contributed by atoms with E-state index in [-0.39, 0.29) is 0 Å². The van der Waals surface area contributed by atoms with Gasteiger partial charge in [-0.1, -0.05) is 59.8 Å². The third-order valence-corrected chi connectivity index (χ3v) is 4.07. The second-order valence-corrected chi connectivity index (χ2v) is 5.73. The lowest BCUT2D eigenvalue weighted by Gasteiger charge is -2.37. The van der Waals surface area contributed by atoms with Crippen LogP contribution in [0.25, 0.3) is 0 Å². The highest BCUT2D eigenvalue weighted by Crippen LogP contribution is 2.39. The van der Waals surface area contributed by atoms with Gasteiger partial charge >= 0.3 is 0 Å². The summed E-state index contributed by atoms with van der Waals surface area (Å²) in [4.78, 5) is 0. The van der Waals surface area contributed by atoms with Crippen molar-refractivity contribution in [3.8, 4) is 0 Å². The highest BCUT2D eigenvalue weighted by atomic mass is 14.3. The van der Waals surface area contributed by atoms with E-state index >= 15 is 0 Å². The SMILES string of the molecule is CCCC1CCCC(CC(C)C)C1C. The number of hydrogen-bond acceptors (Lipinski definition) is 0. The van der Waals surface area contributed by atoms with E-state index in [2.05, 4.69) is 27.7 Å². The van der Waals surface area contributed by atoms with E-state index in [1.807, 2.05) is 0 Å². The van der Waals surface area contributed by atoms with Crippen molar-refractivity contribution < 1.29 is 0 Å². The van der Waals surface area contributed by atoms with Crippen LogP contribution in [-0.4, -0.2) is 0 Å². The average molecular weight is 196 g/mol. The lowest BCUT2D eigenvalue weighted by molar-refractivity contribution is 0.139. The minimum atomic E-state index is 0.892. The fourth-order valence-corrected chi connectivity index (χ4v) is 3.27. The van der Waals surface area contributed by atoms with E-state index in [4.69, 9.17) is 0 Å². The van der Waals surface area contributed by atoms with E-state index in [9.17, 15) is 0 Å². The van der Waals surface area contributed by atoms with Crippen molar-refractivity contribution in [2.45, 2.75) is 66.2 Å². The van der Waals surface area contributed by atoms with E-state index in [0.29, 0.717) is 0 Å². The summed E-state index contributed by atoms with van der Waals surface area (Å²) in [5.41, 5.74) is 0. The van der Waals surface area contributed by atoms with Gasteiger partial charge in [0.25, 0.3) is 0 Å². The fourth-order valence-electron chi connectivity index (χ4n) is 3.27. The minimum absolute atomic E-state index is 0.892. The summed E-state index contributed by atoms with van der Waals surface area (Å²) in [5, 5.41) is 0. The van der Waals surface area contributed by atoms with Gasteiger partial charge in [0.1, 0.15) is 0 Å². The van der Waals surface area contributed by atoms with Crippen molar-refractivity contribution in [1.82, 2.24) is 0 Å². The van der Waals surface area contributed by atoms with Crippen LogP contribution in [0, 0.1) is 23.7 Å². The zero-order chi connectivity index (χ0) is 10.6. The molecule has 0 aromatic carbocycles. The van der Waals surface area contributed by atoms with E-state index in [0.717, 1.165) is 23.7 Å². The Kier molecular flexibility index (Phi) is 4.98. The molecule has 0 aromatic heterocycles. The first-order valence-corrected chi connectivity index (χ1v) is 6.65. The van der Waals surface area contributed by atoms with Crippen LogP contribution in [0.5, 0.6) is 0 Å². The molecule has 0 bridgehead atoms. The van der Waals surface area contributed by atoms with Gasteiger partial charge in [-0.15, -0.1) is 0 Å². The molecule has 1 fully saturated rings. The molecule has 84 valence electrons. The Morgan fingerprint density at radius 2 is 1.79 bits per heavy atom. The zero-order valence-electron chi connectivity index (χ0n) is 10.6. The molecule has 0 N–H and O–H groups in total. The maximum atomic E-state index is 2.51. The van der Waals surface area contributed by atoms with Crippen LogP contribution >= 0.6 is 0 Å². The van der Waals surface area contributed by atoms with Gasteiger partial charge in [-0.2, -0.15) is 0 Å². The average Bonchev–Trinajstić information content (AvgIpc) is 2.11. The summed E-state index contributed by atoms with van der Waals surface area (Å²) >= 11 is 0. The molecule has 0 nitrogen and oxygen atoms in total. The van der Waals surface area contributed by atoms with E-state index in [1.165, 1.54) is 38.5 Å². The van der Waals surface area contributed by atoms with E-state index in [1.54, 1.807) is 0 Å². The molecule has 0 amide bonds. The fraction of sp³-hybridized carbons (Fsp3) is 1.00. The molecule has 0 saturated heterocycles. The molecule has 0 aliphatic heterocycles. The Morgan fingerprint density at radius 1 is 1.14 bits per heavy atom. The Bertz CT molecular complexity index is 146. The molecule has 1 rings (SSSR count). The normalized spacial score (nSPS) is 33.6. The minimum Gasteiger partial charge on any atom is -0.0654 e. The largest absolute Gasteiger partial charge is 0.0654 e. The molecule has 1 saturated carbocycles. The second kappa shape index (κ2) is 5.78. The van der Waals surface area contributed by atoms with Gasteiger partial charge in [-0.3, -0.25) is 0 Å². The van der Waals surface area contributed by atoms with Crippen LogP contribution < -0.4 is 0 Å². The van der Waals surface area contributed by atoms with Crippen molar-refractivity contribution in [3.05, 3.63) is 0 Å². The van der Waals surface area contributed by atoms with Crippen molar-refractivity contribution in [2.75, 3.05) is 0 Å². The number of rotatable bonds is 4. The van der Waals surface area contributed by atoms with Gasteiger partial charge in [0.05, 0.1) is 0 Å². The number of hydrogen-bond donors (Lipinski definition) is 0. The quantitative estimate of drug-likeness (QED) is 0.601. The summed E-state index contributed by atoms with van der Waals surface area (Å²) < 4.78 is 0. The van der Waals surface area contributed by atoms with Gasteiger partial charge in [0, 0.05) is 0 Å². The first kappa shape index (κ1) is 12.1. The Balaban J connectivity index is 2.43. The molecule has 3 atom stereocenters. The van der Waals surface area contributed by atoms with Gasteiger partial charge in [0.15, 0.2) is 0 Å². The molecule has 0 spiro atoms. The van der Waals surface area contributed by atoms with Crippen LogP contribution in [0.2, 0.25) is 0 Å². The summed E-state index contributed by atoms with van der Waals surface area (Å²) in [6.45, 7) is 9.58. The third kappa shape index (κ3) is 3.29. The maximum absolute atomic E-state index is 2.51. The smallest absolute Gasteiger partial charge is 0.0383 e. The highest BCUT2D eigenvalue weighted by Gasteiger charge is 2.29. The summed E-state index contributed by atoms with van der Waals surface area (Å²) in [5.74, 6) is 3.95. The Morgan fingerprint density at radius 3 is 2.36 bits per heavy atom. The Hall–Kier alpha value is 0. The maximum Gasteiger partial charge on any atom is -0.0383 e. The van der Waals surface area contributed by atoms with Crippen LogP contribution in [0.4, 0.5) is 0 Å². The van der Waals surface area contributed by atoms with Crippen molar-refractivity contribution in [1.29, 1.82) is 0 Å². The van der Waals surface area contributed by atoms with Crippen LogP contribution in [0.3, 0.4) is 0 Å². The molecule has 0 heterocycles. The molecule has 0 radical (unpaired) electrons. The molecule has 3 unspecified atom stereocenters.